The van der Waals surface area contributed by atoms with E-state index in [1.54, 1.807) is 0 Å². The fourth-order valence-electron chi connectivity index (χ4n) is 3.28. The van der Waals surface area contributed by atoms with Crippen LogP contribution >= 0.6 is 0 Å². The van der Waals surface area contributed by atoms with E-state index in [0.717, 1.165) is 12.1 Å². The number of unbranched alkanes of at least 4 members (excludes halogenated alkanes) is 2. The van der Waals surface area contributed by atoms with E-state index in [4.69, 9.17) is 0 Å². The lowest BCUT2D eigenvalue weighted by Gasteiger charge is -2.40. The lowest BCUT2D eigenvalue weighted by atomic mass is 9.88. The van der Waals surface area contributed by atoms with Crippen molar-refractivity contribution in [2.75, 3.05) is 19.6 Å². The zero-order valence-corrected chi connectivity index (χ0v) is 13.6. The average molecular weight is 268 g/mol. The monoisotopic (exact) mass is 268 g/mol. The molecule has 19 heavy (non-hydrogen) atoms. The average Bonchev–Trinajstić information content (AvgIpc) is 2.46. The van der Waals surface area contributed by atoms with Crippen LogP contribution in [0.3, 0.4) is 0 Å². The predicted octanol–water partition coefficient (Wildman–Crippen LogP) is 4.20. The molecule has 2 heteroatoms. The minimum atomic E-state index is 0.752. The number of nitrogens with one attached hydrogen (secondary N) is 1. The van der Waals surface area contributed by atoms with Crippen molar-refractivity contribution in [3.8, 4) is 0 Å². The van der Waals surface area contributed by atoms with E-state index in [1.807, 2.05) is 0 Å². The maximum Gasteiger partial charge on any atom is 0.0249 e. The zero-order chi connectivity index (χ0) is 13.9. The SMILES string of the molecule is CCCCN(CCCC)C1CCCCC1NCCC. The van der Waals surface area contributed by atoms with E-state index >= 15 is 0 Å². The lowest BCUT2D eigenvalue weighted by Crippen LogP contribution is -2.52. The third kappa shape index (κ3) is 6.27. The highest BCUT2D eigenvalue weighted by Gasteiger charge is 2.28. The minimum absolute atomic E-state index is 0.752. The van der Waals surface area contributed by atoms with Gasteiger partial charge in [-0.15, -0.1) is 0 Å². The summed E-state index contributed by atoms with van der Waals surface area (Å²) in [4.78, 5) is 2.81. The third-order valence-electron chi connectivity index (χ3n) is 4.45. The van der Waals surface area contributed by atoms with E-state index < -0.39 is 0 Å². The first-order chi connectivity index (χ1) is 9.33. The molecular formula is C17H36N2. The standard InChI is InChI=1S/C17H36N2/c1-4-7-14-19(15-8-5-2)17-12-10-9-11-16(17)18-13-6-3/h16-18H,4-15H2,1-3H3. The van der Waals surface area contributed by atoms with Gasteiger partial charge in [0.2, 0.25) is 0 Å². The minimum Gasteiger partial charge on any atom is -0.312 e. The molecular weight excluding hydrogens is 232 g/mol. The molecule has 0 aromatic rings. The van der Waals surface area contributed by atoms with Crippen LogP contribution in [0.15, 0.2) is 0 Å². The molecule has 1 N–H and O–H groups in total. The van der Waals surface area contributed by atoms with Crippen LogP contribution in [-0.4, -0.2) is 36.6 Å². The number of hydrogen-bond acceptors (Lipinski definition) is 2. The molecule has 1 aliphatic rings. The van der Waals surface area contributed by atoms with Crippen molar-refractivity contribution >= 4 is 0 Å². The highest BCUT2D eigenvalue weighted by molar-refractivity contribution is 4.88. The van der Waals surface area contributed by atoms with Gasteiger partial charge in [0.1, 0.15) is 0 Å². The summed E-state index contributed by atoms with van der Waals surface area (Å²) in [7, 11) is 0. The molecule has 0 aliphatic heterocycles. The molecule has 0 heterocycles. The second-order valence-corrected chi connectivity index (χ2v) is 6.16. The van der Waals surface area contributed by atoms with Crippen LogP contribution in [0.2, 0.25) is 0 Å². The van der Waals surface area contributed by atoms with E-state index in [1.165, 1.54) is 77.4 Å². The molecule has 0 amide bonds. The second-order valence-electron chi connectivity index (χ2n) is 6.16. The van der Waals surface area contributed by atoms with Crippen LogP contribution in [0.5, 0.6) is 0 Å². The summed E-state index contributed by atoms with van der Waals surface area (Å²) in [6.45, 7) is 10.7. The van der Waals surface area contributed by atoms with Gasteiger partial charge in [-0.2, -0.15) is 0 Å². The number of rotatable bonds is 10. The second kappa shape index (κ2) is 10.7. The van der Waals surface area contributed by atoms with Crippen LogP contribution < -0.4 is 5.32 Å². The Kier molecular flexibility index (Phi) is 9.54. The fraction of sp³-hybridized carbons (Fsp3) is 1.00. The Morgan fingerprint density at radius 1 is 0.895 bits per heavy atom. The number of nitrogens with zero attached hydrogens (tertiary/aromatic N) is 1. The van der Waals surface area contributed by atoms with Gasteiger partial charge in [0.15, 0.2) is 0 Å². The van der Waals surface area contributed by atoms with Crippen LogP contribution in [0.25, 0.3) is 0 Å². The maximum absolute atomic E-state index is 3.81. The van der Waals surface area contributed by atoms with E-state index in [-0.39, 0.29) is 0 Å². The van der Waals surface area contributed by atoms with Gasteiger partial charge >= 0.3 is 0 Å². The summed E-state index contributed by atoms with van der Waals surface area (Å²) in [6.07, 6.45) is 12.3. The Morgan fingerprint density at radius 2 is 1.53 bits per heavy atom. The summed E-state index contributed by atoms with van der Waals surface area (Å²) in [5, 5.41) is 3.81. The molecule has 0 saturated heterocycles. The van der Waals surface area contributed by atoms with Gasteiger partial charge in [-0.1, -0.05) is 46.5 Å². The zero-order valence-electron chi connectivity index (χ0n) is 13.6. The molecule has 0 aromatic heterocycles. The molecule has 114 valence electrons. The summed E-state index contributed by atoms with van der Waals surface area (Å²) >= 11 is 0. The van der Waals surface area contributed by atoms with Crippen molar-refractivity contribution in [1.82, 2.24) is 10.2 Å². The summed E-state index contributed by atoms with van der Waals surface area (Å²) in [6, 6.07) is 1.56. The van der Waals surface area contributed by atoms with Crippen LogP contribution in [0.1, 0.15) is 78.6 Å². The normalized spacial score (nSPS) is 24.0. The number of hydrogen-bond donors (Lipinski definition) is 1. The third-order valence-corrected chi connectivity index (χ3v) is 4.45. The van der Waals surface area contributed by atoms with E-state index in [9.17, 15) is 0 Å². The quantitative estimate of drug-likeness (QED) is 0.639. The Hall–Kier alpha value is -0.0800. The van der Waals surface area contributed by atoms with Crippen LogP contribution in [0, 0.1) is 0 Å². The van der Waals surface area contributed by atoms with Gasteiger partial charge in [0.25, 0.3) is 0 Å². The maximum atomic E-state index is 3.81. The molecule has 2 nitrogen and oxygen atoms in total. The van der Waals surface area contributed by atoms with Gasteiger partial charge < -0.3 is 5.32 Å². The molecule has 0 bridgehead atoms. The molecule has 1 rings (SSSR count). The van der Waals surface area contributed by atoms with Gasteiger partial charge in [0, 0.05) is 12.1 Å². The molecule has 1 aliphatic carbocycles. The predicted molar refractivity (Wildman–Crippen MR) is 85.7 cm³/mol. The molecule has 0 aromatic carbocycles. The first kappa shape index (κ1) is 17.0. The Morgan fingerprint density at radius 3 is 2.11 bits per heavy atom. The highest BCUT2D eigenvalue weighted by atomic mass is 15.2. The van der Waals surface area contributed by atoms with Crippen molar-refractivity contribution in [2.45, 2.75) is 90.6 Å². The van der Waals surface area contributed by atoms with Crippen LogP contribution in [0.4, 0.5) is 0 Å². The summed E-state index contributed by atoms with van der Waals surface area (Å²) < 4.78 is 0. The van der Waals surface area contributed by atoms with Crippen molar-refractivity contribution in [1.29, 1.82) is 0 Å². The lowest BCUT2D eigenvalue weighted by molar-refractivity contribution is 0.118. The Balaban J connectivity index is 2.54. The van der Waals surface area contributed by atoms with E-state index in [0.29, 0.717) is 0 Å². The van der Waals surface area contributed by atoms with Gasteiger partial charge in [-0.05, 0) is 51.7 Å². The first-order valence-corrected chi connectivity index (χ1v) is 8.80. The highest BCUT2D eigenvalue weighted by Crippen LogP contribution is 2.24. The molecule has 1 fully saturated rings. The smallest absolute Gasteiger partial charge is 0.0249 e. The Labute approximate surface area is 121 Å². The van der Waals surface area contributed by atoms with Crippen molar-refractivity contribution < 1.29 is 0 Å². The fourth-order valence-corrected chi connectivity index (χ4v) is 3.28. The van der Waals surface area contributed by atoms with Gasteiger partial charge in [-0.3, -0.25) is 4.90 Å². The largest absolute Gasteiger partial charge is 0.312 e. The summed E-state index contributed by atoms with van der Waals surface area (Å²) in [5.74, 6) is 0. The van der Waals surface area contributed by atoms with Gasteiger partial charge in [-0.25, -0.2) is 0 Å². The van der Waals surface area contributed by atoms with Crippen molar-refractivity contribution in [2.24, 2.45) is 0 Å². The topological polar surface area (TPSA) is 15.3 Å². The molecule has 0 radical (unpaired) electrons. The van der Waals surface area contributed by atoms with Crippen molar-refractivity contribution in [3.63, 3.8) is 0 Å². The molecule has 0 spiro atoms. The molecule has 2 unspecified atom stereocenters. The van der Waals surface area contributed by atoms with E-state index in [2.05, 4.69) is 31.0 Å². The molecule has 1 saturated carbocycles. The van der Waals surface area contributed by atoms with Crippen molar-refractivity contribution in [3.05, 3.63) is 0 Å². The Bertz CT molecular complexity index is 197. The molecule has 2 atom stereocenters. The first-order valence-electron chi connectivity index (χ1n) is 8.80. The van der Waals surface area contributed by atoms with Gasteiger partial charge in [0.05, 0.1) is 0 Å². The van der Waals surface area contributed by atoms with Crippen LogP contribution in [-0.2, 0) is 0 Å². The summed E-state index contributed by atoms with van der Waals surface area (Å²) in [5.41, 5.74) is 0.